The minimum Gasteiger partial charge on any atom is -0.392 e. The van der Waals surface area contributed by atoms with Crippen molar-refractivity contribution in [2.24, 2.45) is 0 Å². The molecule has 4 nitrogen and oxygen atoms in total. The lowest BCUT2D eigenvalue weighted by Crippen LogP contribution is -2.26. The smallest absolute Gasteiger partial charge is 0.0662 e. The molecule has 0 radical (unpaired) electrons. The molecule has 1 atom stereocenters. The Hall–Kier alpha value is -0.870. The van der Waals surface area contributed by atoms with Crippen molar-refractivity contribution < 1.29 is 5.11 Å². The van der Waals surface area contributed by atoms with Gasteiger partial charge in [-0.2, -0.15) is 5.10 Å². The molecule has 1 aromatic rings. The second-order valence-corrected chi connectivity index (χ2v) is 3.61. The number of rotatable bonds is 5. The number of hydrogen-bond acceptors (Lipinski definition) is 3. The number of aromatic nitrogens is 2. The maximum Gasteiger partial charge on any atom is 0.0662 e. The van der Waals surface area contributed by atoms with E-state index in [0.717, 1.165) is 24.4 Å². The number of nitrogens with zero attached hydrogens (tertiary/aromatic N) is 1. The van der Waals surface area contributed by atoms with Crippen LogP contribution in [0.25, 0.3) is 0 Å². The predicted octanol–water partition coefficient (Wildman–Crippen LogP) is 0.887. The van der Waals surface area contributed by atoms with Crippen LogP contribution in [0, 0.1) is 13.8 Å². The Labute approximate surface area is 84.7 Å². The molecule has 0 bridgehead atoms. The zero-order valence-corrected chi connectivity index (χ0v) is 9.09. The zero-order valence-electron chi connectivity index (χ0n) is 9.09. The Balaban J connectivity index is 2.38. The SMILES string of the molecule is CCC(O)CNCc1c(C)n[nH]c1C. The topological polar surface area (TPSA) is 60.9 Å². The van der Waals surface area contributed by atoms with Crippen LogP contribution < -0.4 is 5.32 Å². The van der Waals surface area contributed by atoms with Crippen LogP contribution >= 0.6 is 0 Å². The van der Waals surface area contributed by atoms with Gasteiger partial charge < -0.3 is 10.4 Å². The Morgan fingerprint density at radius 3 is 2.71 bits per heavy atom. The van der Waals surface area contributed by atoms with Gasteiger partial charge in [0.1, 0.15) is 0 Å². The Kier molecular flexibility index (Phi) is 4.10. The van der Waals surface area contributed by atoms with Gasteiger partial charge in [0.2, 0.25) is 0 Å². The fourth-order valence-electron chi connectivity index (χ4n) is 1.34. The van der Waals surface area contributed by atoms with Crippen molar-refractivity contribution in [3.63, 3.8) is 0 Å². The van der Waals surface area contributed by atoms with Crippen LogP contribution in [0.4, 0.5) is 0 Å². The van der Waals surface area contributed by atoms with Crippen molar-refractivity contribution in [2.45, 2.75) is 39.8 Å². The molecular weight excluding hydrogens is 178 g/mol. The van der Waals surface area contributed by atoms with E-state index in [1.807, 2.05) is 20.8 Å². The molecule has 0 spiro atoms. The lowest BCUT2D eigenvalue weighted by Gasteiger charge is -2.09. The summed E-state index contributed by atoms with van der Waals surface area (Å²) in [4.78, 5) is 0. The molecule has 0 aliphatic carbocycles. The standard InChI is InChI=1S/C10H19N3O/c1-4-9(14)5-11-6-10-7(2)12-13-8(10)3/h9,11,14H,4-6H2,1-3H3,(H,12,13). The van der Waals surface area contributed by atoms with Crippen molar-refractivity contribution in [1.82, 2.24) is 15.5 Å². The van der Waals surface area contributed by atoms with Gasteiger partial charge in [0.25, 0.3) is 0 Å². The quantitative estimate of drug-likeness (QED) is 0.657. The normalized spacial score (nSPS) is 13.1. The first kappa shape index (κ1) is 11.2. The van der Waals surface area contributed by atoms with Crippen molar-refractivity contribution in [3.05, 3.63) is 17.0 Å². The van der Waals surface area contributed by atoms with Crippen LogP contribution in [0.3, 0.4) is 0 Å². The molecule has 0 aromatic carbocycles. The minimum atomic E-state index is -0.248. The first-order valence-corrected chi connectivity index (χ1v) is 5.04. The van der Waals surface area contributed by atoms with Gasteiger partial charge in [-0.3, -0.25) is 5.10 Å². The average Bonchev–Trinajstić information content (AvgIpc) is 2.48. The average molecular weight is 197 g/mol. The maximum atomic E-state index is 9.34. The van der Waals surface area contributed by atoms with Gasteiger partial charge >= 0.3 is 0 Å². The number of aliphatic hydroxyl groups is 1. The largest absolute Gasteiger partial charge is 0.392 e. The van der Waals surface area contributed by atoms with Crippen molar-refractivity contribution in [1.29, 1.82) is 0 Å². The van der Waals surface area contributed by atoms with E-state index in [-0.39, 0.29) is 6.10 Å². The Morgan fingerprint density at radius 1 is 1.50 bits per heavy atom. The highest BCUT2D eigenvalue weighted by Gasteiger charge is 2.06. The van der Waals surface area contributed by atoms with E-state index in [4.69, 9.17) is 0 Å². The third kappa shape index (κ3) is 2.82. The first-order valence-electron chi connectivity index (χ1n) is 5.04. The summed E-state index contributed by atoms with van der Waals surface area (Å²) in [5.41, 5.74) is 3.33. The summed E-state index contributed by atoms with van der Waals surface area (Å²) in [7, 11) is 0. The van der Waals surface area contributed by atoms with E-state index in [1.165, 1.54) is 5.56 Å². The van der Waals surface area contributed by atoms with Crippen LogP contribution in [0.2, 0.25) is 0 Å². The molecule has 3 N–H and O–H groups in total. The zero-order chi connectivity index (χ0) is 10.6. The fourth-order valence-corrected chi connectivity index (χ4v) is 1.34. The molecule has 0 saturated carbocycles. The highest BCUT2D eigenvalue weighted by atomic mass is 16.3. The highest BCUT2D eigenvalue weighted by Crippen LogP contribution is 2.08. The molecule has 0 fully saturated rings. The third-order valence-corrected chi connectivity index (χ3v) is 2.43. The van der Waals surface area contributed by atoms with E-state index in [2.05, 4.69) is 15.5 Å². The number of aryl methyl sites for hydroxylation is 2. The summed E-state index contributed by atoms with van der Waals surface area (Å²) in [5, 5.41) is 19.6. The Bertz CT molecular complexity index is 263. The number of aromatic amines is 1. The van der Waals surface area contributed by atoms with Crippen molar-refractivity contribution in [3.8, 4) is 0 Å². The summed E-state index contributed by atoms with van der Waals surface area (Å²) in [5.74, 6) is 0. The number of hydrogen-bond donors (Lipinski definition) is 3. The van der Waals surface area contributed by atoms with Gasteiger partial charge in [0.15, 0.2) is 0 Å². The molecule has 0 saturated heterocycles. The summed E-state index contributed by atoms with van der Waals surface area (Å²) < 4.78 is 0. The van der Waals surface area contributed by atoms with Gasteiger partial charge in [0.05, 0.1) is 11.8 Å². The monoisotopic (exact) mass is 197 g/mol. The molecule has 0 aliphatic rings. The maximum absolute atomic E-state index is 9.34. The van der Waals surface area contributed by atoms with Crippen LogP contribution in [0.15, 0.2) is 0 Å². The van der Waals surface area contributed by atoms with Gasteiger partial charge in [0, 0.05) is 24.3 Å². The summed E-state index contributed by atoms with van der Waals surface area (Å²) >= 11 is 0. The van der Waals surface area contributed by atoms with E-state index >= 15 is 0 Å². The highest BCUT2D eigenvalue weighted by molar-refractivity contribution is 5.22. The number of H-pyrrole nitrogens is 1. The molecule has 80 valence electrons. The predicted molar refractivity (Wildman–Crippen MR) is 56.1 cm³/mol. The summed E-state index contributed by atoms with van der Waals surface area (Å²) in [6, 6.07) is 0. The van der Waals surface area contributed by atoms with Crippen molar-refractivity contribution >= 4 is 0 Å². The van der Waals surface area contributed by atoms with Gasteiger partial charge in [-0.25, -0.2) is 0 Å². The van der Waals surface area contributed by atoms with E-state index < -0.39 is 0 Å². The molecule has 1 heterocycles. The first-order chi connectivity index (χ1) is 6.65. The van der Waals surface area contributed by atoms with Crippen LogP contribution in [0.1, 0.15) is 30.3 Å². The van der Waals surface area contributed by atoms with E-state index in [1.54, 1.807) is 0 Å². The Morgan fingerprint density at radius 2 is 2.21 bits per heavy atom. The third-order valence-electron chi connectivity index (χ3n) is 2.43. The van der Waals surface area contributed by atoms with Crippen LogP contribution in [-0.4, -0.2) is 28.0 Å². The molecule has 14 heavy (non-hydrogen) atoms. The molecule has 1 unspecified atom stereocenters. The van der Waals surface area contributed by atoms with Crippen LogP contribution in [0.5, 0.6) is 0 Å². The lowest BCUT2D eigenvalue weighted by atomic mass is 10.2. The molecule has 4 heteroatoms. The lowest BCUT2D eigenvalue weighted by molar-refractivity contribution is 0.167. The second-order valence-electron chi connectivity index (χ2n) is 3.61. The van der Waals surface area contributed by atoms with E-state index in [9.17, 15) is 5.11 Å². The van der Waals surface area contributed by atoms with Crippen molar-refractivity contribution in [2.75, 3.05) is 6.54 Å². The van der Waals surface area contributed by atoms with E-state index in [0.29, 0.717) is 6.54 Å². The second kappa shape index (κ2) is 5.12. The number of aliphatic hydroxyl groups excluding tert-OH is 1. The molecule has 1 aromatic heterocycles. The van der Waals surface area contributed by atoms with Gasteiger partial charge in [-0.15, -0.1) is 0 Å². The molecule has 1 rings (SSSR count). The fraction of sp³-hybridized carbons (Fsp3) is 0.700. The summed E-state index contributed by atoms with van der Waals surface area (Å²) in [6.45, 7) is 7.37. The molecular formula is C10H19N3O. The summed E-state index contributed by atoms with van der Waals surface area (Å²) in [6.07, 6.45) is 0.540. The minimum absolute atomic E-state index is 0.248. The number of nitrogens with one attached hydrogen (secondary N) is 2. The van der Waals surface area contributed by atoms with Gasteiger partial charge in [-0.05, 0) is 20.3 Å². The molecule has 0 amide bonds. The molecule has 0 aliphatic heterocycles. The van der Waals surface area contributed by atoms with Crippen LogP contribution in [-0.2, 0) is 6.54 Å². The van der Waals surface area contributed by atoms with Gasteiger partial charge in [-0.1, -0.05) is 6.92 Å².